The molecule has 1 aliphatic heterocycles. The van der Waals surface area contributed by atoms with Crippen LogP contribution in [0.3, 0.4) is 0 Å². The lowest BCUT2D eigenvalue weighted by Crippen LogP contribution is -2.32. The van der Waals surface area contributed by atoms with Crippen LogP contribution in [0.15, 0.2) is 45.8 Å². The summed E-state index contributed by atoms with van der Waals surface area (Å²) in [4.78, 5) is 30.8. The molecule has 5 rings (SSSR count). The molecule has 0 amide bonds. The van der Waals surface area contributed by atoms with Gasteiger partial charge in [0.25, 0.3) is 15.6 Å². The third kappa shape index (κ3) is 6.89. The molecule has 0 aliphatic carbocycles. The summed E-state index contributed by atoms with van der Waals surface area (Å²) in [7, 11) is -0.331. The summed E-state index contributed by atoms with van der Waals surface area (Å²) < 4.78 is 41.6. The first-order chi connectivity index (χ1) is 20.1. The van der Waals surface area contributed by atoms with Crippen LogP contribution < -0.4 is 19.8 Å². The zero-order valence-electron chi connectivity index (χ0n) is 24.2. The summed E-state index contributed by atoms with van der Waals surface area (Å²) in [5.41, 5.74) is 2.40. The minimum atomic E-state index is -3.89. The molecule has 0 atom stereocenters. The Kier molecular flexibility index (Phi) is 9.06. The van der Waals surface area contributed by atoms with Crippen LogP contribution in [-0.2, 0) is 16.4 Å². The molecular weight excluding hydrogens is 578 g/mol. The van der Waals surface area contributed by atoms with Gasteiger partial charge in [0.1, 0.15) is 17.9 Å². The van der Waals surface area contributed by atoms with Crippen LogP contribution >= 0.6 is 11.3 Å². The SMILES string of the molecule is COc1ncc(Cc2ccc3ncc(OCCN4CCCN(C)CC4)c(=O)n3c2)cc1NS(=O)(=O)c1sc(C)nc1C. The Labute approximate surface area is 249 Å². The number of pyridine rings is 2. The van der Waals surface area contributed by atoms with Gasteiger partial charge in [-0.3, -0.25) is 18.8 Å². The number of nitrogens with zero attached hydrogens (tertiary/aromatic N) is 6. The normalized spacial score (nSPS) is 15.0. The van der Waals surface area contributed by atoms with Gasteiger partial charge in [-0.05, 0) is 63.7 Å². The van der Waals surface area contributed by atoms with Crippen LogP contribution in [0.25, 0.3) is 5.65 Å². The molecule has 0 unspecified atom stereocenters. The standard InChI is InChI=1S/C28H35N7O5S2/c1-19-28(41-20(2)31-19)42(37,38)32-23-15-22(16-30-26(23)39-4)14-21-6-7-25-29-17-24(27(36)35(25)18-21)40-13-12-34-9-5-8-33(3)10-11-34/h6-7,15-18,32H,5,8-14H2,1-4H3. The number of aryl methyl sites for hydroxylation is 2. The Bertz CT molecular complexity index is 1740. The summed E-state index contributed by atoms with van der Waals surface area (Å²) in [6.07, 6.45) is 6.32. The maximum absolute atomic E-state index is 13.2. The summed E-state index contributed by atoms with van der Waals surface area (Å²) in [6.45, 7) is 8.67. The van der Waals surface area contributed by atoms with Crippen molar-refractivity contribution in [1.82, 2.24) is 29.2 Å². The van der Waals surface area contributed by atoms with Gasteiger partial charge in [-0.25, -0.2) is 23.4 Å². The molecule has 0 saturated carbocycles. The first-order valence-electron chi connectivity index (χ1n) is 13.7. The minimum Gasteiger partial charge on any atom is -0.485 e. The van der Waals surface area contributed by atoms with Crippen molar-refractivity contribution in [3.8, 4) is 11.6 Å². The van der Waals surface area contributed by atoms with Gasteiger partial charge in [0.2, 0.25) is 11.6 Å². The van der Waals surface area contributed by atoms with E-state index in [0.29, 0.717) is 29.4 Å². The van der Waals surface area contributed by atoms with Crippen LogP contribution in [0.4, 0.5) is 5.69 Å². The zero-order valence-corrected chi connectivity index (χ0v) is 25.8. The Hall–Kier alpha value is -3.59. The number of aromatic nitrogens is 4. The minimum absolute atomic E-state index is 0.144. The maximum atomic E-state index is 13.2. The van der Waals surface area contributed by atoms with Crippen LogP contribution in [-0.4, -0.2) is 91.1 Å². The van der Waals surface area contributed by atoms with Crippen LogP contribution in [0, 0.1) is 13.8 Å². The van der Waals surface area contributed by atoms with Gasteiger partial charge in [-0.15, -0.1) is 11.3 Å². The van der Waals surface area contributed by atoms with Gasteiger partial charge in [0.15, 0.2) is 4.21 Å². The molecule has 5 heterocycles. The number of anilines is 1. The molecule has 12 nitrogen and oxygen atoms in total. The average Bonchev–Trinajstić information content (AvgIpc) is 3.17. The van der Waals surface area contributed by atoms with Gasteiger partial charge in [0.05, 0.1) is 24.0 Å². The van der Waals surface area contributed by atoms with Crippen molar-refractivity contribution in [3.05, 3.63) is 69.0 Å². The number of fused-ring (bicyclic) bond motifs is 1. The highest BCUT2D eigenvalue weighted by Gasteiger charge is 2.23. The second-order valence-electron chi connectivity index (χ2n) is 10.3. The van der Waals surface area contributed by atoms with Crippen LogP contribution in [0.1, 0.15) is 28.2 Å². The molecule has 0 bridgehead atoms. The van der Waals surface area contributed by atoms with Crippen molar-refractivity contribution < 1.29 is 17.9 Å². The third-order valence-corrected chi connectivity index (χ3v) is 10.1. The fourth-order valence-corrected chi connectivity index (χ4v) is 7.46. The molecule has 4 aromatic heterocycles. The van der Waals surface area contributed by atoms with E-state index in [0.717, 1.165) is 61.6 Å². The summed E-state index contributed by atoms with van der Waals surface area (Å²) in [6, 6.07) is 5.32. The number of hydrogen-bond acceptors (Lipinski definition) is 11. The van der Waals surface area contributed by atoms with Crippen LogP contribution in [0.5, 0.6) is 11.6 Å². The topological polar surface area (TPSA) is 131 Å². The van der Waals surface area contributed by atoms with E-state index in [1.54, 1.807) is 38.4 Å². The summed E-state index contributed by atoms with van der Waals surface area (Å²) in [5.74, 6) is 0.349. The predicted molar refractivity (Wildman–Crippen MR) is 162 cm³/mol. The Morgan fingerprint density at radius 1 is 1.07 bits per heavy atom. The number of nitrogens with one attached hydrogen (secondary N) is 1. The van der Waals surface area contributed by atoms with Crippen molar-refractivity contribution in [3.63, 3.8) is 0 Å². The van der Waals surface area contributed by atoms with Crippen LogP contribution in [0.2, 0.25) is 0 Å². The van der Waals surface area contributed by atoms with E-state index >= 15 is 0 Å². The highest BCUT2D eigenvalue weighted by atomic mass is 32.2. The molecule has 1 saturated heterocycles. The molecule has 1 aliphatic rings. The maximum Gasteiger partial charge on any atom is 0.300 e. The molecule has 1 N–H and O–H groups in total. The first-order valence-corrected chi connectivity index (χ1v) is 16.0. The number of ether oxygens (including phenoxy) is 2. The van der Waals surface area contributed by atoms with Gasteiger partial charge in [0, 0.05) is 38.4 Å². The van der Waals surface area contributed by atoms with E-state index in [-0.39, 0.29) is 27.1 Å². The van der Waals surface area contributed by atoms with Crippen molar-refractivity contribution in [2.24, 2.45) is 0 Å². The first kappa shape index (κ1) is 29.9. The average molecular weight is 614 g/mol. The largest absolute Gasteiger partial charge is 0.485 e. The second-order valence-corrected chi connectivity index (χ2v) is 13.4. The number of methoxy groups -OCH3 is 1. The summed E-state index contributed by atoms with van der Waals surface area (Å²) >= 11 is 1.10. The Morgan fingerprint density at radius 3 is 2.67 bits per heavy atom. The lowest BCUT2D eigenvalue weighted by molar-refractivity contribution is 0.211. The van der Waals surface area contributed by atoms with Crippen molar-refractivity contribution in [1.29, 1.82) is 0 Å². The van der Waals surface area contributed by atoms with Crippen molar-refractivity contribution in [2.75, 3.05) is 58.2 Å². The van der Waals surface area contributed by atoms with E-state index in [4.69, 9.17) is 9.47 Å². The molecule has 42 heavy (non-hydrogen) atoms. The van der Waals surface area contributed by atoms with Gasteiger partial charge < -0.3 is 14.4 Å². The van der Waals surface area contributed by atoms with Crippen molar-refractivity contribution in [2.45, 2.75) is 30.9 Å². The van der Waals surface area contributed by atoms with E-state index < -0.39 is 10.0 Å². The molecule has 0 aromatic carbocycles. The second kappa shape index (κ2) is 12.7. The van der Waals surface area contributed by atoms with Gasteiger partial charge >= 0.3 is 0 Å². The lowest BCUT2D eigenvalue weighted by atomic mass is 10.1. The lowest BCUT2D eigenvalue weighted by Gasteiger charge is -2.19. The highest BCUT2D eigenvalue weighted by molar-refractivity contribution is 7.94. The fraction of sp³-hybridized carbons (Fsp3) is 0.429. The highest BCUT2D eigenvalue weighted by Crippen LogP contribution is 2.30. The summed E-state index contributed by atoms with van der Waals surface area (Å²) in [5, 5.41) is 0.659. The molecule has 14 heteroatoms. The molecule has 4 aromatic rings. The quantitative estimate of drug-likeness (QED) is 0.285. The predicted octanol–water partition coefficient (Wildman–Crippen LogP) is 2.58. The van der Waals surface area contributed by atoms with E-state index in [9.17, 15) is 13.2 Å². The monoisotopic (exact) mass is 613 g/mol. The number of rotatable bonds is 10. The smallest absolute Gasteiger partial charge is 0.300 e. The number of likely N-dealkylation sites (N-methyl/N-ethyl adjacent to an activating group) is 1. The molecule has 0 spiro atoms. The van der Waals surface area contributed by atoms with E-state index in [1.165, 1.54) is 17.7 Å². The van der Waals surface area contributed by atoms with Gasteiger partial charge in [-0.1, -0.05) is 6.07 Å². The van der Waals surface area contributed by atoms with E-state index in [2.05, 4.69) is 36.5 Å². The Balaban J connectivity index is 1.32. The zero-order chi connectivity index (χ0) is 29.9. The molecule has 0 radical (unpaired) electrons. The number of hydrogen-bond donors (Lipinski definition) is 1. The number of thiazole rings is 1. The third-order valence-electron chi connectivity index (χ3n) is 7.07. The molecular formula is C28H35N7O5S2. The Morgan fingerprint density at radius 2 is 1.90 bits per heavy atom. The molecule has 224 valence electrons. The van der Waals surface area contributed by atoms with E-state index in [1.807, 2.05) is 6.07 Å². The molecule has 1 fully saturated rings. The van der Waals surface area contributed by atoms with Crippen molar-refractivity contribution >= 4 is 32.7 Å². The number of sulfonamides is 1. The fourth-order valence-electron chi connectivity index (χ4n) is 4.93. The van der Waals surface area contributed by atoms with Gasteiger partial charge in [-0.2, -0.15) is 0 Å².